The number of carbonyl (C=O) groups excluding carboxylic acids is 1. The number of benzene rings is 1. The highest BCUT2D eigenvalue weighted by Gasteiger charge is 2.56. The van der Waals surface area contributed by atoms with Crippen LogP contribution >= 0.6 is 0 Å². The van der Waals surface area contributed by atoms with Crippen molar-refractivity contribution in [3.05, 3.63) is 23.8 Å². The molecule has 25 heavy (non-hydrogen) atoms. The molecule has 1 saturated carbocycles. The van der Waals surface area contributed by atoms with Crippen molar-refractivity contribution in [2.24, 2.45) is 0 Å². The molecule has 0 spiro atoms. The zero-order valence-electron chi connectivity index (χ0n) is 16.0. The largest absolute Gasteiger partial charge is 0.496 e. The van der Waals surface area contributed by atoms with Gasteiger partial charge in [-0.25, -0.2) is 0 Å². The van der Waals surface area contributed by atoms with E-state index in [9.17, 15) is 4.79 Å². The van der Waals surface area contributed by atoms with E-state index in [1.54, 1.807) is 7.11 Å². The molecular weight excluding hydrogens is 319 g/mol. The predicted molar refractivity (Wildman–Crippen MR) is 96.3 cm³/mol. The summed E-state index contributed by atoms with van der Waals surface area (Å²) < 4.78 is 23.1. The summed E-state index contributed by atoms with van der Waals surface area (Å²) in [5.74, 6) is 0.519. The van der Waals surface area contributed by atoms with Crippen molar-refractivity contribution < 1.29 is 23.6 Å². The van der Waals surface area contributed by atoms with Gasteiger partial charge in [-0.05, 0) is 59.0 Å². The molecule has 3 rings (SSSR count). The van der Waals surface area contributed by atoms with Crippen molar-refractivity contribution >= 4 is 18.6 Å². The molecular formula is C19H27BO5. The summed E-state index contributed by atoms with van der Waals surface area (Å²) in [4.78, 5) is 12.5. The molecule has 0 N–H and O–H groups in total. The normalized spacial score (nSPS) is 22.6. The van der Waals surface area contributed by atoms with Crippen LogP contribution in [0.15, 0.2) is 18.2 Å². The van der Waals surface area contributed by atoms with E-state index < -0.39 is 23.7 Å². The number of rotatable bonds is 5. The molecule has 0 bridgehead atoms. The molecule has 0 atom stereocenters. The molecule has 1 saturated heterocycles. The molecule has 0 unspecified atom stereocenters. The van der Waals surface area contributed by atoms with E-state index in [1.807, 2.05) is 52.8 Å². The van der Waals surface area contributed by atoms with Gasteiger partial charge in [-0.3, -0.25) is 4.79 Å². The highest BCUT2D eigenvalue weighted by Crippen LogP contribution is 2.52. The molecule has 5 nitrogen and oxygen atoms in total. The summed E-state index contributed by atoms with van der Waals surface area (Å²) >= 11 is 0. The smallest absolute Gasteiger partial charge is 0.494 e. The number of carbonyl (C=O) groups is 1. The molecule has 0 aromatic heterocycles. The molecule has 2 fully saturated rings. The van der Waals surface area contributed by atoms with E-state index in [-0.39, 0.29) is 5.97 Å². The first-order valence-corrected chi connectivity index (χ1v) is 8.88. The Hall–Kier alpha value is -1.53. The van der Waals surface area contributed by atoms with Gasteiger partial charge < -0.3 is 18.8 Å². The Bertz CT molecular complexity index is 662. The van der Waals surface area contributed by atoms with Crippen LogP contribution < -0.4 is 10.2 Å². The van der Waals surface area contributed by atoms with Gasteiger partial charge in [0.2, 0.25) is 0 Å². The van der Waals surface area contributed by atoms with Gasteiger partial charge in [-0.1, -0.05) is 12.1 Å². The fourth-order valence-corrected chi connectivity index (χ4v) is 3.20. The highest BCUT2D eigenvalue weighted by atomic mass is 16.7. The van der Waals surface area contributed by atoms with Gasteiger partial charge in [0, 0.05) is 5.56 Å². The van der Waals surface area contributed by atoms with Crippen LogP contribution in [0.2, 0.25) is 0 Å². The minimum Gasteiger partial charge on any atom is -0.496 e. The van der Waals surface area contributed by atoms with E-state index in [2.05, 4.69) is 0 Å². The lowest BCUT2D eigenvalue weighted by Gasteiger charge is -2.32. The Balaban J connectivity index is 1.96. The monoisotopic (exact) mass is 346 g/mol. The second-order valence-electron chi connectivity index (χ2n) is 7.85. The third-order valence-electron chi connectivity index (χ3n) is 5.68. The van der Waals surface area contributed by atoms with Gasteiger partial charge in [-0.15, -0.1) is 0 Å². The van der Waals surface area contributed by atoms with Crippen molar-refractivity contribution in [2.75, 3.05) is 13.7 Å². The quantitative estimate of drug-likeness (QED) is 0.606. The van der Waals surface area contributed by atoms with Gasteiger partial charge in [0.25, 0.3) is 0 Å². The summed E-state index contributed by atoms with van der Waals surface area (Å²) in [7, 11) is 1.15. The molecule has 2 aliphatic rings. The molecule has 0 radical (unpaired) electrons. The lowest BCUT2D eigenvalue weighted by atomic mass is 9.76. The zero-order valence-corrected chi connectivity index (χ0v) is 16.0. The van der Waals surface area contributed by atoms with Gasteiger partial charge in [0.15, 0.2) is 0 Å². The number of hydrogen-bond donors (Lipinski definition) is 0. The summed E-state index contributed by atoms with van der Waals surface area (Å²) in [6.07, 6.45) is 1.55. The number of ether oxygens (including phenoxy) is 2. The number of esters is 1. The zero-order chi connectivity index (χ0) is 18.5. The Labute approximate surface area is 150 Å². The fraction of sp³-hybridized carbons (Fsp3) is 0.632. The van der Waals surface area contributed by atoms with E-state index in [0.29, 0.717) is 12.4 Å². The lowest BCUT2D eigenvalue weighted by Crippen LogP contribution is -2.41. The first-order valence-electron chi connectivity index (χ1n) is 8.88. The van der Waals surface area contributed by atoms with Crippen LogP contribution in [-0.4, -0.2) is 38.0 Å². The topological polar surface area (TPSA) is 54.0 Å². The lowest BCUT2D eigenvalue weighted by molar-refractivity contribution is -0.146. The maximum Gasteiger partial charge on any atom is 0.494 e. The van der Waals surface area contributed by atoms with E-state index in [4.69, 9.17) is 18.8 Å². The average molecular weight is 346 g/mol. The van der Waals surface area contributed by atoms with Crippen LogP contribution in [0.1, 0.15) is 53.0 Å². The average Bonchev–Trinajstić information content (AvgIpc) is 3.31. The van der Waals surface area contributed by atoms with Crippen molar-refractivity contribution in [3.8, 4) is 5.75 Å². The van der Waals surface area contributed by atoms with Crippen LogP contribution in [-0.2, 0) is 24.3 Å². The first kappa shape index (κ1) is 18.3. The summed E-state index contributed by atoms with van der Waals surface area (Å²) in [6, 6.07) is 5.80. The summed E-state index contributed by atoms with van der Waals surface area (Å²) in [6.45, 7) is 10.3. The molecule has 136 valence electrons. The van der Waals surface area contributed by atoms with E-state index in [0.717, 1.165) is 23.9 Å². The number of hydrogen-bond acceptors (Lipinski definition) is 5. The van der Waals surface area contributed by atoms with Gasteiger partial charge in [0.05, 0.1) is 30.3 Å². The third kappa shape index (κ3) is 2.95. The second-order valence-corrected chi connectivity index (χ2v) is 7.85. The van der Waals surface area contributed by atoms with E-state index in [1.165, 1.54) is 0 Å². The third-order valence-corrected chi connectivity index (χ3v) is 5.68. The minimum atomic E-state index is -0.596. The van der Waals surface area contributed by atoms with Crippen molar-refractivity contribution in [1.82, 2.24) is 0 Å². The minimum absolute atomic E-state index is 0.181. The highest BCUT2D eigenvalue weighted by molar-refractivity contribution is 6.62. The van der Waals surface area contributed by atoms with Gasteiger partial charge in [-0.2, -0.15) is 0 Å². The second kappa shape index (κ2) is 6.03. The van der Waals surface area contributed by atoms with Crippen LogP contribution in [0.4, 0.5) is 0 Å². The van der Waals surface area contributed by atoms with Crippen molar-refractivity contribution in [2.45, 2.75) is 64.1 Å². The van der Waals surface area contributed by atoms with Gasteiger partial charge in [0.1, 0.15) is 5.75 Å². The Morgan fingerprint density at radius 3 is 2.24 bits per heavy atom. The Morgan fingerprint density at radius 1 is 1.16 bits per heavy atom. The van der Waals surface area contributed by atoms with Crippen LogP contribution in [0.25, 0.3) is 0 Å². The molecule has 1 heterocycles. The van der Waals surface area contributed by atoms with Crippen molar-refractivity contribution in [3.63, 3.8) is 0 Å². The van der Waals surface area contributed by atoms with E-state index >= 15 is 0 Å². The van der Waals surface area contributed by atoms with Crippen LogP contribution in [0.5, 0.6) is 5.75 Å². The maximum absolute atomic E-state index is 12.5. The molecule has 1 aromatic rings. The molecule has 1 aliphatic carbocycles. The summed E-state index contributed by atoms with van der Waals surface area (Å²) in [5.41, 5.74) is 0.346. The SMILES string of the molecule is CCOC(=O)C1(c2cc(B3OC(C)(C)C(C)(C)O3)ccc2OC)CC1. The Kier molecular flexibility index (Phi) is 4.40. The predicted octanol–water partition coefficient (Wildman–Crippen LogP) is 2.59. The van der Waals surface area contributed by atoms with Crippen LogP contribution in [0.3, 0.4) is 0 Å². The van der Waals surface area contributed by atoms with Crippen LogP contribution in [0, 0.1) is 0 Å². The molecule has 0 amide bonds. The molecule has 6 heteroatoms. The summed E-state index contributed by atoms with van der Waals surface area (Å²) in [5, 5.41) is 0. The first-order chi connectivity index (χ1) is 11.7. The molecule has 1 aliphatic heterocycles. The van der Waals surface area contributed by atoms with Crippen molar-refractivity contribution in [1.29, 1.82) is 0 Å². The number of methoxy groups -OCH3 is 1. The standard InChI is InChI=1S/C19H27BO5/c1-7-23-16(21)19(10-11-19)14-12-13(8-9-15(14)22-6)20-24-17(2,3)18(4,5)25-20/h8-9,12H,7,10-11H2,1-6H3. The molecule has 1 aromatic carbocycles. The Morgan fingerprint density at radius 2 is 1.76 bits per heavy atom. The maximum atomic E-state index is 12.5. The van der Waals surface area contributed by atoms with Gasteiger partial charge >= 0.3 is 13.1 Å². The fourth-order valence-electron chi connectivity index (χ4n) is 3.20.